The van der Waals surface area contributed by atoms with Crippen molar-refractivity contribution < 1.29 is 4.39 Å². The van der Waals surface area contributed by atoms with Gasteiger partial charge in [-0.2, -0.15) is 15.6 Å². The summed E-state index contributed by atoms with van der Waals surface area (Å²) in [5.41, 5.74) is 3.22. The van der Waals surface area contributed by atoms with Crippen molar-refractivity contribution in [3.63, 3.8) is 0 Å². The van der Waals surface area contributed by atoms with Crippen molar-refractivity contribution in [3.8, 4) is 12.1 Å². The van der Waals surface area contributed by atoms with Crippen molar-refractivity contribution in [2.24, 2.45) is 5.10 Å². The summed E-state index contributed by atoms with van der Waals surface area (Å²) >= 11 is 0. The van der Waals surface area contributed by atoms with E-state index in [1.165, 1.54) is 18.9 Å². The van der Waals surface area contributed by atoms with E-state index in [2.05, 4.69) is 15.4 Å². The summed E-state index contributed by atoms with van der Waals surface area (Å²) in [6.07, 6.45) is 4.55. The third kappa shape index (κ3) is 3.93. The van der Waals surface area contributed by atoms with Crippen LogP contribution < -0.4 is 10.3 Å². The summed E-state index contributed by atoms with van der Waals surface area (Å²) in [4.78, 5) is 2.06. The minimum absolute atomic E-state index is 0.299. The Bertz CT molecular complexity index is 587. The SMILES string of the molecule is N#CC(C#N)=NNc1ccc(N2CCCCCC2)c(F)c1. The van der Waals surface area contributed by atoms with Gasteiger partial charge >= 0.3 is 0 Å². The molecule has 5 nitrogen and oxygen atoms in total. The van der Waals surface area contributed by atoms with Crippen LogP contribution in [0.3, 0.4) is 0 Å². The van der Waals surface area contributed by atoms with E-state index >= 15 is 0 Å². The van der Waals surface area contributed by atoms with Crippen LogP contribution in [0.15, 0.2) is 23.3 Å². The smallest absolute Gasteiger partial charge is 0.237 e. The zero-order valence-electron chi connectivity index (χ0n) is 11.6. The molecule has 6 heteroatoms. The van der Waals surface area contributed by atoms with E-state index in [1.54, 1.807) is 24.3 Å². The second kappa shape index (κ2) is 7.25. The second-order valence-corrected chi connectivity index (χ2v) is 4.86. The molecular weight excluding hydrogens is 269 g/mol. The number of hydrogen-bond donors (Lipinski definition) is 1. The molecule has 2 rings (SSSR count). The zero-order chi connectivity index (χ0) is 15.1. The summed E-state index contributed by atoms with van der Waals surface area (Å²) in [6, 6.07) is 7.99. The Kier molecular flexibility index (Phi) is 5.11. The Hall–Kier alpha value is -2.60. The first-order valence-corrected chi connectivity index (χ1v) is 6.93. The Balaban J connectivity index is 2.12. The van der Waals surface area contributed by atoms with Crippen LogP contribution in [0.1, 0.15) is 25.7 Å². The lowest BCUT2D eigenvalue weighted by molar-refractivity contribution is 0.617. The number of halogens is 1. The summed E-state index contributed by atoms with van der Waals surface area (Å²) < 4.78 is 14.2. The molecule has 21 heavy (non-hydrogen) atoms. The van der Waals surface area contributed by atoms with E-state index in [0.717, 1.165) is 25.9 Å². The number of nitriles is 2. The number of nitrogens with zero attached hydrogens (tertiary/aromatic N) is 4. The number of nitrogens with one attached hydrogen (secondary N) is 1. The molecule has 0 bridgehead atoms. The molecule has 0 radical (unpaired) electrons. The minimum atomic E-state index is -0.326. The molecule has 1 aromatic carbocycles. The molecule has 1 fully saturated rings. The highest BCUT2D eigenvalue weighted by molar-refractivity contribution is 6.10. The average Bonchev–Trinajstić information content (AvgIpc) is 2.77. The van der Waals surface area contributed by atoms with Gasteiger partial charge in [0.2, 0.25) is 5.71 Å². The molecule has 0 saturated carbocycles. The highest BCUT2D eigenvalue weighted by Gasteiger charge is 2.14. The predicted octanol–water partition coefficient (Wildman–Crippen LogP) is 3.02. The fourth-order valence-corrected chi connectivity index (χ4v) is 2.34. The average molecular weight is 285 g/mol. The van der Waals surface area contributed by atoms with Crippen molar-refractivity contribution in [2.45, 2.75) is 25.7 Å². The van der Waals surface area contributed by atoms with Crippen LogP contribution in [0.2, 0.25) is 0 Å². The summed E-state index contributed by atoms with van der Waals surface area (Å²) in [5, 5.41) is 20.7. The maximum atomic E-state index is 14.2. The molecule has 108 valence electrons. The highest BCUT2D eigenvalue weighted by atomic mass is 19.1. The molecule has 1 heterocycles. The van der Waals surface area contributed by atoms with Crippen LogP contribution in [0.25, 0.3) is 0 Å². The first kappa shape index (κ1) is 14.8. The minimum Gasteiger partial charge on any atom is -0.369 e. The molecule has 1 saturated heterocycles. The molecule has 0 aliphatic carbocycles. The maximum absolute atomic E-state index is 14.2. The van der Waals surface area contributed by atoms with Crippen molar-refractivity contribution in [1.29, 1.82) is 10.5 Å². The molecule has 0 spiro atoms. The van der Waals surface area contributed by atoms with E-state index in [4.69, 9.17) is 10.5 Å². The molecule has 0 unspecified atom stereocenters. The normalized spacial score (nSPS) is 14.5. The van der Waals surface area contributed by atoms with Gasteiger partial charge < -0.3 is 4.90 Å². The predicted molar refractivity (Wildman–Crippen MR) is 79.4 cm³/mol. The summed E-state index contributed by atoms with van der Waals surface area (Å²) in [7, 11) is 0. The molecule has 0 amide bonds. The third-order valence-electron chi connectivity index (χ3n) is 3.40. The number of hydrazone groups is 1. The quantitative estimate of drug-likeness (QED) is 0.684. The van der Waals surface area contributed by atoms with Crippen molar-refractivity contribution in [3.05, 3.63) is 24.0 Å². The van der Waals surface area contributed by atoms with Crippen LogP contribution in [-0.2, 0) is 0 Å². The first-order chi connectivity index (χ1) is 10.2. The monoisotopic (exact) mass is 285 g/mol. The van der Waals surface area contributed by atoms with E-state index < -0.39 is 0 Å². The van der Waals surface area contributed by atoms with Gasteiger partial charge in [0.15, 0.2) is 0 Å². The fourth-order valence-electron chi connectivity index (χ4n) is 2.34. The maximum Gasteiger partial charge on any atom is 0.237 e. The van der Waals surface area contributed by atoms with E-state index in [1.807, 2.05) is 0 Å². The Morgan fingerprint density at radius 2 is 1.81 bits per heavy atom. The molecule has 1 N–H and O–H groups in total. The van der Waals surface area contributed by atoms with E-state index in [9.17, 15) is 4.39 Å². The van der Waals surface area contributed by atoms with Gasteiger partial charge in [0.1, 0.15) is 18.0 Å². The van der Waals surface area contributed by atoms with Crippen molar-refractivity contribution in [2.75, 3.05) is 23.4 Å². The topological polar surface area (TPSA) is 75.2 Å². The van der Waals surface area contributed by atoms with Crippen LogP contribution in [0, 0.1) is 28.5 Å². The zero-order valence-corrected chi connectivity index (χ0v) is 11.6. The van der Waals surface area contributed by atoms with Gasteiger partial charge in [0.05, 0.1) is 11.4 Å². The molecule has 1 aromatic rings. The fraction of sp³-hybridized carbons (Fsp3) is 0.400. The number of rotatable bonds is 3. The Labute approximate surface area is 123 Å². The van der Waals surface area contributed by atoms with Crippen LogP contribution >= 0.6 is 0 Å². The van der Waals surface area contributed by atoms with Crippen LogP contribution in [0.5, 0.6) is 0 Å². The van der Waals surface area contributed by atoms with Gasteiger partial charge in [0.25, 0.3) is 0 Å². The number of benzene rings is 1. The van der Waals surface area contributed by atoms with Gasteiger partial charge in [-0.1, -0.05) is 12.8 Å². The highest BCUT2D eigenvalue weighted by Crippen LogP contribution is 2.25. The lowest BCUT2D eigenvalue weighted by Crippen LogP contribution is -2.24. The first-order valence-electron chi connectivity index (χ1n) is 6.93. The summed E-state index contributed by atoms with van der Waals surface area (Å²) in [6.45, 7) is 1.74. The van der Waals surface area contributed by atoms with Crippen molar-refractivity contribution in [1.82, 2.24) is 0 Å². The molecule has 0 atom stereocenters. The third-order valence-corrected chi connectivity index (χ3v) is 3.40. The van der Waals surface area contributed by atoms with Crippen molar-refractivity contribution >= 4 is 17.1 Å². The standard InChI is InChI=1S/C15H16FN5/c16-14-9-12(19-20-13(10-17)11-18)5-6-15(14)21-7-3-1-2-4-8-21/h5-6,9,19H,1-4,7-8H2. The number of anilines is 2. The van der Waals surface area contributed by atoms with Crippen LogP contribution in [0.4, 0.5) is 15.8 Å². The lowest BCUT2D eigenvalue weighted by Gasteiger charge is -2.23. The Morgan fingerprint density at radius 1 is 1.14 bits per heavy atom. The number of hydrogen-bond acceptors (Lipinski definition) is 5. The largest absolute Gasteiger partial charge is 0.369 e. The lowest BCUT2D eigenvalue weighted by atomic mass is 10.2. The molecule has 1 aliphatic rings. The molecule has 0 aromatic heterocycles. The van der Waals surface area contributed by atoms with E-state index in [-0.39, 0.29) is 11.5 Å². The van der Waals surface area contributed by atoms with Gasteiger partial charge in [0, 0.05) is 19.2 Å². The summed E-state index contributed by atoms with van der Waals surface area (Å²) in [5.74, 6) is -0.326. The molecular formula is C15H16FN5. The second-order valence-electron chi connectivity index (χ2n) is 4.86. The van der Waals surface area contributed by atoms with Gasteiger partial charge in [-0.05, 0) is 25.0 Å². The van der Waals surface area contributed by atoms with Gasteiger partial charge in [-0.25, -0.2) is 4.39 Å². The van der Waals surface area contributed by atoms with Crippen LogP contribution in [-0.4, -0.2) is 18.8 Å². The van der Waals surface area contributed by atoms with Gasteiger partial charge in [-0.15, -0.1) is 0 Å². The molecule has 1 aliphatic heterocycles. The Morgan fingerprint density at radius 3 is 2.38 bits per heavy atom. The van der Waals surface area contributed by atoms with Gasteiger partial charge in [-0.3, -0.25) is 5.43 Å². The van der Waals surface area contributed by atoms with E-state index in [0.29, 0.717) is 11.4 Å².